The van der Waals surface area contributed by atoms with Gasteiger partial charge in [0.1, 0.15) is 12.4 Å². The van der Waals surface area contributed by atoms with Crippen molar-refractivity contribution in [1.82, 2.24) is 10.2 Å². The number of carbonyl (C=O) groups excluding carboxylic acids is 1. The molecule has 0 aliphatic carbocycles. The molecule has 1 heterocycles. The van der Waals surface area contributed by atoms with Crippen molar-refractivity contribution in [3.8, 4) is 5.75 Å². The van der Waals surface area contributed by atoms with E-state index in [2.05, 4.69) is 5.32 Å². The molecule has 7 heteroatoms. The number of halogens is 2. The molecule has 1 atom stereocenters. The molecule has 1 unspecified atom stereocenters. The molecule has 0 saturated carbocycles. The van der Waals surface area contributed by atoms with Crippen LogP contribution in [0.2, 0.25) is 0 Å². The number of likely N-dealkylation sites (tertiary alicyclic amines) is 1. The summed E-state index contributed by atoms with van der Waals surface area (Å²) in [5.41, 5.74) is 0.764. The molecule has 0 aromatic heterocycles. The molecule has 0 radical (unpaired) electrons. The van der Waals surface area contributed by atoms with Crippen LogP contribution in [0.15, 0.2) is 24.3 Å². The summed E-state index contributed by atoms with van der Waals surface area (Å²) >= 11 is 0. The fourth-order valence-electron chi connectivity index (χ4n) is 2.48. The second-order valence-corrected chi connectivity index (χ2v) is 5.18. The molecule has 2 rings (SSSR count). The van der Waals surface area contributed by atoms with Crippen LogP contribution in [0.25, 0.3) is 0 Å². The predicted octanol–water partition coefficient (Wildman–Crippen LogP) is 2.00. The van der Waals surface area contributed by atoms with Gasteiger partial charge < -0.3 is 20.1 Å². The molecule has 122 valence electrons. The Hall–Kier alpha value is -1.89. The molecule has 1 aromatic rings. The fourth-order valence-corrected chi connectivity index (χ4v) is 2.48. The molecular formula is C15H20F2N2O3. The Bertz CT molecular complexity index is 499. The van der Waals surface area contributed by atoms with Crippen molar-refractivity contribution >= 4 is 6.03 Å². The monoisotopic (exact) mass is 314 g/mol. The minimum atomic E-state index is -2.52. The number of nitrogens with one attached hydrogen (secondary N) is 1. The molecular weight excluding hydrogens is 294 g/mol. The topological polar surface area (TPSA) is 61.8 Å². The highest BCUT2D eigenvalue weighted by Gasteiger charge is 2.27. The fraction of sp³-hybridized carbons (Fsp3) is 0.533. The van der Waals surface area contributed by atoms with Crippen LogP contribution in [0.4, 0.5) is 13.6 Å². The van der Waals surface area contributed by atoms with Gasteiger partial charge in [-0.1, -0.05) is 12.1 Å². The van der Waals surface area contributed by atoms with Crippen LogP contribution in [0.3, 0.4) is 0 Å². The highest BCUT2D eigenvalue weighted by molar-refractivity contribution is 5.74. The van der Waals surface area contributed by atoms with E-state index in [1.54, 1.807) is 29.2 Å². The van der Waals surface area contributed by atoms with Crippen molar-refractivity contribution in [1.29, 1.82) is 0 Å². The molecule has 2 amide bonds. The van der Waals surface area contributed by atoms with E-state index < -0.39 is 13.0 Å². The van der Waals surface area contributed by atoms with Gasteiger partial charge in [-0.3, -0.25) is 0 Å². The maximum atomic E-state index is 12.1. The van der Waals surface area contributed by atoms with Crippen molar-refractivity contribution < 1.29 is 23.4 Å². The van der Waals surface area contributed by atoms with Crippen molar-refractivity contribution in [2.45, 2.75) is 31.9 Å². The summed E-state index contributed by atoms with van der Waals surface area (Å²) in [5.74, 6) is 0.349. The van der Waals surface area contributed by atoms with Crippen molar-refractivity contribution in [3.63, 3.8) is 0 Å². The van der Waals surface area contributed by atoms with Gasteiger partial charge in [0.2, 0.25) is 0 Å². The highest BCUT2D eigenvalue weighted by atomic mass is 19.3. The average Bonchev–Trinajstić information content (AvgIpc) is 2.99. The van der Waals surface area contributed by atoms with Crippen LogP contribution >= 0.6 is 0 Å². The van der Waals surface area contributed by atoms with E-state index in [-0.39, 0.29) is 25.2 Å². The quantitative estimate of drug-likeness (QED) is 0.844. The summed E-state index contributed by atoms with van der Waals surface area (Å²) in [5, 5.41) is 12.0. The highest BCUT2D eigenvalue weighted by Crippen LogP contribution is 2.17. The Labute approximate surface area is 127 Å². The Kier molecular flexibility index (Phi) is 5.94. The lowest BCUT2D eigenvalue weighted by Crippen LogP contribution is -2.43. The number of amides is 2. The van der Waals surface area contributed by atoms with Gasteiger partial charge in [0.25, 0.3) is 6.43 Å². The molecule has 22 heavy (non-hydrogen) atoms. The first-order valence-electron chi connectivity index (χ1n) is 7.25. The first-order chi connectivity index (χ1) is 10.6. The van der Waals surface area contributed by atoms with Gasteiger partial charge in [-0.15, -0.1) is 0 Å². The van der Waals surface area contributed by atoms with E-state index >= 15 is 0 Å². The normalized spacial score (nSPS) is 17.8. The smallest absolute Gasteiger partial charge is 0.317 e. The molecule has 0 bridgehead atoms. The summed E-state index contributed by atoms with van der Waals surface area (Å²) in [7, 11) is 0. The lowest BCUT2D eigenvalue weighted by molar-refractivity contribution is 0.0818. The lowest BCUT2D eigenvalue weighted by atomic mass is 10.2. The number of hydrogen-bond acceptors (Lipinski definition) is 3. The average molecular weight is 314 g/mol. The number of benzene rings is 1. The number of alkyl halides is 2. The zero-order chi connectivity index (χ0) is 15.9. The third kappa shape index (κ3) is 4.56. The number of hydrogen-bond donors (Lipinski definition) is 2. The SMILES string of the molecule is O=C(NCc1cccc(OCC(F)F)c1)N1CCCC1CO. The minimum Gasteiger partial charge on any atom is -0.488 e. The van der Waals surface area contributed by atoms with Crippen molar-refractivity contribution in [2.24, 2.45) is 0 Å². The van der Waals surface area contributed by atoms with E-state index in [1.165, 1.54) is 0 Å². The third-order valence-electron chi connectivity index (χ3n) is 3.57. The predicted molar refractivity (Wildman–Crippen MR) is 77.0 cm³/mol. The summed E-state index contributed by atoms with van der Waals surface area (Å²) in [6.07, 6.45) is -0.829. The van der Waals surface area contributed by atoms with Crippen LogP contribution in [0, 0.1) is 0 Å². The summed E-state index contributed by atoms with van der Waals surface area (Å²) in [6, 6.07) is 6.33. The minimum absolute atomic E-state index is 0.0373. The molecule has 0 spiro atoms. The largest absolute Gasteiger partial charge is 0.488 e. The standard InChI is InChI=1S/C15H20F2N2O3/c16-14(17)10-22-13-5-1-3-11(7-13)8-18-15(21)19-6-2-4-12(19)9-20/h1,3,5,7,12,14,20H,2,4,6,8-10H2,(H,18,21). The van der Waals surface area contributed by atoms with E-state index in [0.29, 0.717) is 12.3 Å². The molecule has 1 saturated heterocycles. The molecule has 1 aliphatic rings. The molecule has 1 aliphatic heterocycles. The number of nitrogens with zero attached hydrogens (tertiary/aromatic N) is 1. The number of rotatable bonds is 6. The van der Waals surface area contributed by atoms with Crippen LogP contribution in [-0.2, 0) is 6.54 Å². The summed E-state index contributed by atoms with van der Waals surface area (Å²) in [4.78, 5) is 13.7. The Morgan fingerprint density at radius 3 is 3.05 bits per heavy atom. The van der Waals surface area contributed by atoms with E-state index in [4.69, 9.17) is 4.74 Å². The van der Waals surface area contributed by atoms with Gasteiger partial charge >= 0.3 is 6.03 Å². The number of carbonyl (C=O) groups is 1. The summed E-state index contributed by atoms with van der Waals surface area (Å²) < 4.78 is 29.2. The van der Waals surface area contributed by atoms with E-state index in [1.807, 2.05) is 0 Å². The molecule has 2 N–H and O–H groups in total. The van der Waals surface area contributed by atoms with Crippen LogP contribution in [0.5, 0.6) is 5.75 Å². The van der Waals surface area contributed by atoms with Gasteiger partial charge in [-0.05, 0) is 30.5 Å². The Balaban J connectivity index is 1.85. The first-order valence-corrected chi connectivity index (χ1v) is 7.25. The van der Waals surface area contributed by atoms with Gasteiger partial charge in [-0.2, -0.15) is 0 Å². The van der Waals surface area contributed by atoms with E-state index in [9.17, 15) is 18.7 Å². The van der Waals surface area contributed by atoms with Crippen LogP contribution in [0.1, 0.15) is 18.4 Å². The van der Waals surface area contributed by atoms with Crippen LogP contribution < -0.4 is 10.1 Å². The number of ether oxygens (including phenoxy) is 1. The second-order valence-electron chi connectivity index (χ2n) is 5.18. The van der Waals surface area contributed by atoms with Gasteiger partial charge in [0.15, 0.2) is 0 Å². The lowest BCUT2D eigenvalue weighted by Gasteiger charge is -2.23. The number of aliphatic hydroxyl groups is 1. The Morgan fingerprint density at radius 2 is 2.32 bits per heavy atom. The second kappa shape index (κ2) is 7.93. The van der Waals surface area contributed by atoms with E-state index in [0.717, 1.165) is 18.4 Å². The van der Waals surface area contributed by atoms with Crippen LogP contribution in [-0.4, -0.2) is 48.3 Å². The maximum absolute atomic E-state index is 12.1. The molecule has 1 aromatic carbocycles. The van der Waals surface area contributed by atoms with Crippen molar-refractivity contribution in [3.05, 3.63) is 29.8 Å². The molecule has 5 nitrogen and oxygen atoms in total. The molecule has 1 fully saturated rings. The first kappa shape index (κ1) is 16.5. The zero-order valence-electron chi connectivity index (χ0n) is 12.2. The number of aliphatic hydroxyl groups excluding tert-OH is 1. The Morgan fingerprint density at radius 1 is 1.50 bits per heavy atom. The van der Waals surface area contributed by atoms with Gasteiger partial charge in [0, 0.05) is 13.1 Å². The van der Waals surface area contributed by atoms with Gasteiger partial charge in [0.05, 0.1) is 12.6 Å². The maximum Gasteiger partial charge on any atom is 0.317 e. The van der Waals surface area contributed by atoms with Crippen molar-refractivity contribution in [2.75, 3.05) is 19.8 Å². The van der Waals surface area contributed by atoms with Gasteiger partial charge in [-0.25, -0.2) is 13.6 Å². The zero-order valence-corrected chi connectivity index (χ0v) is 12.2. The summed E-state index contributed by atoms with van der Waals surface area (Å²) in [6.45, 7) is 0.222. The third-order valence-corrected chi connectivity index (χ3v) is 3.57. The number of urea groups is 1.